The quantitative estimate of drug-likeness (QED) is 0.849. The summed E-state index contributed by atoms with van der Waals surface area (Å²) in [5.41, 5.74) is 0.477. The molecule has 2 atom stereocenters. The predicted octanol–water partition coefficient (Wildman–Crippen LogP) is 1.59. The molecule has 1 aromatic rings. The molecule has 0 radical (unpaired) electrons. The minimum atomic E-state index is 0.0000550. The molecule has 22 heavy (non-hydrogen) atoms. The Kier molecular flexibility index (Phi) is 4.49. The number of rotatable bonds is 3. The Balaban J connectivity index is 1.70. The number of aromatic nitrogens is 1. The van der Waals surface area contributed by atoms with Crippen LogP contribution in [0.5, 0.6) is 0 Å². The van der Waals surface area contributed by atoms with E-state index in [1.807, 2.05) is 18.7 Å². The number of ether oxygens (including phenoxy) is 1. The third-order valence-corrected chi connectivity index (χ3v) is 4.70. The van der Waals surface area contributed by atoms with Crippen LogP contribution >= 0.6 is 0 Å². The van der Waals surface area contributed by atoms with Crippen LogP contribution in [0.2, 0.25) is 0 Å². The second-order valence-corrected chi connectivity index (χ2v) is 6.62. The van der Waals surface area contributed by atoms with Gasteiger partial charge in [-0.2, -0.15) is 0 Å². The molecule has 6 heteroatoms. The second kappa shape index (κ2) is 6.38. The molecule has 1 amide bonds. The van der Waals surface area contributed by atoms with Gasteiger partial charge in [0.1, 0.15) is 5.76 Å². The molecule has 0 saturated carbocycles. The van der Waals surface area contributed by atoms with Crippen molar-refractivity contribution in [3.8, 4) is 0 Å². The summed E-state index contributed by atoms with van der Waals surface area (Å²) < 4.78 is 10.8. The molecule has 0 spiro atoms. The van der Waals surface area contributed by atoms with E-state index in [4.69, 9.17) is 9.15 Å². The molecular formula is C16H25N3O3. The summed E-state index contributed by atoms with van der Waals surface area (Å²) >= 11 is 0. The summed E-state index contributed by atoms with van der Waals surface area (Å²) in [6.45, 7) is 11.3. The van der Waals surface area contributed by atoms with E-state index in [2.05, 4.69) is 16.8 Å². The second-order valence-electron chi connectivity index (χ2n) is 6.62. The van der Waals surface area contributed by atoms with Crippen LogP contribution < -0.4 is 0 Å². The van der Waals surface area contributed by atoms with Gasteiger partial charge in [0.25, 0.3) is 5.91 Å². The maximum absolute atomic E-state index is 12.8. The Morgan fingerprint density at radius 3 is 2.73 bits per heavy atom. The van der Waals surface area contributed by atoms with Crippen molar-refractivity contribution in [1.29, 1.82) is 0 Å². The molecule has 3 heterocycles. The predicted molar refractivity (Wildman–Crippen MR) is 81.8 cm³/mol. The fourth-order valence-corrected chi connectivity index (χ4v) is 3.48. The molecule has 0 unspecified atom stereocenters. The third-order valence-electron chi connectivity index (χ3n) is 4.70. The Labute approximate surface area is 131 Å². The molecule has 3 rings (SSSR count). The van der Waals surface area contributed by atoms with Crippen molar-refractivity contribution in [2.45, 2.75) is 32.7 Å². The average molecular weight is 307 g/mol. The Morgan fingerprint density at radius 2 is 2.05 bits per heavy atom. The van der Waals surface area contributed by atoms with Crippen LogP contribution in [0.1, 0.15) is 42.9 Å². The molecule has 0 aromatic carbocycles. The lowest BCUT2D eigenvalue weighted by Gasteiger charge is -2.33. The molecule has 2 aliphatic heterocycles. The average Bonchev–Trinajstić information content (AvgIpc) is 3.14. The number of morpholine rings is 1. The molecule has 1 aromatic heterocycles. The van der Waals surface area contributed by atoms with Crippen LogP contribution in [0, 0.1) is 5.92 Å². The van der Waals surface area contributed by atoms with Crippen molar-refractivity contribution in [3.63, 3.8) is 0 Å². The summed E-state index contributed by atoms with van der Waals surface area (Å²) in [7, 11) is 0. The van der Waals surface area contributed by atoms with Gasteiger partial charge in [0.05, 0.1) is 13.2 Å². The monoisotopic (exact) mass is 307 g/mol. The first-order chi connectivity index (χ1) is 10.6. The zero-order valence-electron chi connectivity index (χ0n) is 13.6. The molecule has 122 valence electrons. The first-order valence-corrected chi connectivity index (χ1v) is 8.12. The summed E-state index contributed by atoms with van der Waals surface area (Å²) in [5.74, 6) is 1.32. The topological polar surface area (TPSA) is 58.8 Å². The highest BCUT2D eigenvalue weighted by Gasteiger charge is 2.38. The fourth-order valence-electron chi connectivity index (χ4n) is 3.48. The van der Waals surface area contributed by atoms with Gasteiger partial charge in [-0.15, -0.1) is 0 Å². The SMILES string of the molecule is CC(C)c1ocnc1C(=O)N1C[C@@H](C)[C@@H](N2CCOCC2)C1. The number of carbonyl (C=O) groups excluding carboxylic acids is 1. The number of carbonyl (C=O) groups is 1. The molecule has 2 saturated heterocycles. The van der Waals surface area contributed by atoms with Gasteiger partial charge >= 0.3 is 0 Å². The minimum Gasteiger partial charge on any atom is -0.447 e. The van der Waals surface area contributed by atoms with Gasteiger partial charge < -0.3 is 14.1 Å². The zero-order chi connectivity index (χ0) is 15.7. The number of amides is 1. The van der Waals surface area contributed by atoms with Crippen LogP contribution in [0.25, 0.3) is 0 Å². The zero-order valence-corrected chi connectivity index (χ0v) is 13.6. The first-order valence-electron chi connectivity index (χ1n) is 8.12. The number of hydrogen-bond donors (Lipinski definition) is 0. The number of hydrogen-bond acceptors (Lipinski definition) is 5. The van der Waals surface area contributed by atoms with E-state index < -0.39 is 0 Å². The summed E-state index contributed by atoms with van der Waals surface area (Å²) in [5, 5.41) is 0. The Hall–Kier alpha value is -1.40. The lowest BCUT2D eigenvalue weighted by Crippen LogP contribution is -2.47. The van der Waals surface area contributed by atoms with Gasteiger partial charge in [-0.05, 0) is 5.92 Å². The van der Waals surface area contributed by atoms with E-state index in [1.165, 1.54) is 6.39 Å². The molecule has 2 aliphatic rings. The van der Waals surface area contributed by atoms with Crippen molar-refractivity contribution < 1.29 is 13.9 Å². The van der Waals surface area contributed by atoms with E-state index in [0.717, 1.165) is 39.4 Å². The van der Waals surface area contributed by atoms with E-state index in [0.29, 0.717) is 23.4 Å². The number of oxazole rings is 1. The van der Waals surface area contributed by atoms with E-state index in [9.17, 15) is 4.79 Å². The van der Waals surface area contributed by atoms with E-state index in [1.54, 1.807) is 0 Å². The highest BCUT2D eigenvalue weighted by Crippen LogP contribution is 2.26. The number of likely N-dealkylation sites (tertiary alicyclic amines) is 1. The van der Waals surface area contributed by atoms with Gasteiger partial charge in [0, 0.05) is 38.1 Å². The maximum atomic E-state index is 12.8. The first kappa shape index (κ1) is 15.5. The van der Waals surface area contributed by atoms with Crippen molar-refractivity contribution in [2.75, 3.05) is 39.4 Å². The lowest BCUT2D eigenvalue weighted by molar-refractivity contribution is 0.0119. The Morgan fingerprint density at radius 1 is 1.32 bits per heavy atom. The largest absolute Gasteiger partial charge is 0.447 e. The third kappa shape index (κ3) is 2.90. The smallest absolute Gasteiger partial charge is 0.276 e. The van der Waals surface area contributed by atoms with Crippen molar-refractivity contribution >= 4 is 5.91 Å². The maximum Gasteiger partial charge on any atom is 0.276 e. The van der Waals surface area contributed by atoms with Crippen molar-refractivity contribution in [3.05, 3.63) is 17.8 Å². The van der Waals surface area contributed by atoms with Crippen LogP contribution in [0.3, 0.4) is 0 Å². The lowest BCUT2D eigenvalue weighted by atomic mass is 10.0. The van der Waals surface area contributed by atoms with Crippen LogP contribution in [-0.4, -0.2) is 66.1 Å². The van der Waals surface area contributed by atoms with Gasteiger partial charge in [-0.25, -0.2) is 4.98 Å². The highest BCUT2D eigenvalue weighted by molar-refractivity contribution is 5.93. The van der Waals surface area contributed by atoms with E-state index >= 15 is 0 Å². The molecule has 0 aliphatic carbocycles. The molecular weight excluding hydrogens is 282 g/mol. The van der Waals surface area contributed by atoms with Crippen molar-refractivity contribution in [2.24, 2.45) is 5.92 Å². The van der Waals surface area contributed by atoms with Crippen LogP contribution in [-0.2, 0) is 4.74 Å². The molecule has 0 bridgehead atoms. The standard InChI is InChI=1S/C16H25N3O3/c1-11(2)15-14(17-10-22-15)16(20)19-8-12(3)13(9-19)18-4-6-21-7-5-18/h10-13H,4-9H2,1-3H3/t12-,13+/m1/s1. The Bertz CT molecular complexity index is 522. The van der Waals surface area contributed by atoms with Gasteiger partial charge in [0.15, 0.2) is 12.1 Å². The molecule has 2 fully saturated rings. The van der Waals surface area contributed by atoms with Crippen LogP contribution in [0.4, 0.5) is 0 Å². The van der Waals surface area contributed by atoms with Gasteiger partial charge in [-0.3, -0.25) is 9.69 Å². The molecule has 6 nitrogen and oxygen atoms in total. The fraction of sp³-hybridized carbons (Fsp3) is 0.750. The summed E-state index contributed by atoms with van der Waals surface area (Å²) in [6, 6.07) is 0.419. The van der Waals surface area contributed by atoms with Gasteiger partial charge in [0.2, 0.25) is 0 Å². The van der Waals surface area contributed by atoms with Crippen LogP contribution in [0.15, 0.2) is 10.8 Å². The molecule has 0 N–H and O–H groups in total. The normalized spacial score (nSPS) is 26.8. The van der Waals surface area contributed by atoms with Gasteiger partial charge in [-0.1, -0.05) is 20.8 Å². The minimum absolute atomic E-state index is 0.0000550. The summed E-state index contributed by atoms with van der Waals surface area (Å²) in [6.07, 6.45) is 1.38. The van der Waals surface area contributed by atoms with Crippen molar-refractivity contribution in [1.82, 2.24) is 14.8 Å². The highest BCUT2D eigenvalue weighted by atomic mass is 16.5. The number of nitrogens with zero attached hydrogens (tertiary/aromatic N) is 3. The van der Waals surface area contributed by atoms with E-state index in [-0.39, 0.29) is 11.8 Å². The summed E-state index contributed by atoms with van der Waals surface area (Å²) in [4.78, 5) is 21.3.